The van der Waals surface area contributed by atoms with Gasteiger partial charge in [0.2, 0.25) is 5.91 Å². The van der Waals surface area contributed by atoms with Crippen LogP contribution < -0.4 is 21.3 Å². The van der Waals surface area contributed by atoms with Crippen molar-refractivity contribution < 1.29 is 28.8 Å². The summed E-state index contributed by atoms with van der Waals surface area (Å²) in [6, 6.07) is 5.88. The van der Waals surface area contributed by atoms with Crippen LogP contribution in [0.4, 0.5) is 15.3 Å². The van der Waals surface area contributed by atoms with E-state index in [1.54, 1.807) is 29.2 Å². The maximum atomic E-state index is 12.6. The number of carbonyl (C=O) groups excluding carboxylic acids is 4. The molecule has 1 heterocycles. The molecule has 0 radical (unpaired) electrons. The first-order chi connectivity index (χ1) is 15.4. The standard InChI is InChI=1S/C20H28N6O6/c1-2-3-12-31-17(27)8-10-22-20(30)24-16-9-11-26(18(16)28)15-6-4-14(5-7-15)13-23-25-32-19(21)29/h4-7,16H,2-3,8-13H2,1H3,(H2,21,29)(H2,22,24,30)/t16-/m0/s1. The molecule has 1 fully saturated rings. The second-order valence-corrected chi connectivity index (χ2v) is 7.01. The van der Waals surface area contributed by atoms with Crippen LogP contribution in [0.3, 0.4) is 0 Å². The van der Waals surface area contributed by atoms with E-state index in [0.29, 0.717) is 25.3 Å². The van der Waals surface area contributed by atoms with E-state index in [0.717, 1.165) is 18.4 Å². The number of nitrogens with zero attached hydrogens (tertiary/aromatic N) is 3. The number of esters is 1. The minimum Gasteiger partial charge on any atom is -0.466 e. The molecule has 2 rings (SSSR count). The molecule has 4 amide bonds. The first kappa shape index (κ1) is 24.6. The lowest BCUT2D eigenvalue weighted by molar-refractivity contribution is -0.143. The van der Waals surface area contributed by atoms with Gasteiger partial charge in [0.1, 0.15) is 6.04 Å². The van der Waals surface area contributed by atoms with Crippen LogP contribution >= 0.6 is 0 Å². The number of unbranched alkanes of at least 4 members (excludes halogenated alkanes) is 1. The lowest BCUT2D eigenvalue weighted by Crippen LogP contribution is -2.46. The van der Waals surface area contributed by atoms with Crippen molar-refractivity contribution in [1.29, 1.82) is 0 Å². The highest BCUT2D eigenvalue weighted by molar-refractivity contribution is 6.01. The Bertz CT molecular complexity index is 828. The van der Waals surface area contributed by atoms with E-state index in [1.165, 1.54) is 0 Å². The molecule has 32 heavy (non-hydrogen) atoms. The molecule has 0 aliphatic carbocycles. The number of hydrogen-bond acceptors (Lipinski definition) is 8. The van der Waals surface area contributed by atoms with Crippen LogP contribution in [0.5, 0.6) is 0 Å². The van der Waals surface area contributed by atoms with E-state index in [1.807, 2.05) is 6.92 Å². The Kier molecular flexibility index (Phi) is 9.88. The largest absolute Gasteiger partial charge is 0.466 e. The van der Waals surface area contributed by atoms with Gasteiger partial charge in [-0.15, -0.1) is 5.11 Å². The molecule has 174 valence electrons. The Morgan fingerprint density at radius 3 is 2.69 bits per heavy atom. The Labute approximate surface area is 185 Å². The number of primary amides is 1. The van der Waals surface area contributed by atoms with Gasteiger partial charge in [0.15, 0.2) is 0 Å². The summed E-state index contributed by atoms with van der Waals surface area (Å²) in [6.45, 7) is 3.14. The molecule has 1 aliphatic heterocycles. The molecule has 1 aliphatic rings. The van der Waals surface area contributed by atoms with E-state index in [4.69, 9.17) is 10.5 Å². The Morgan fingerprint density at radius 1 is 1.25 bits per heavy atom. The molecule has 1 saturated heterocycles. The number of carbonyl (C=O) groups is 4. The summed E-state index contributed by atoms with van der Waals surface area (Å²) in [4.78, 5) is 52.4. The normalized spacial score (nSPS) is 15.6. The molecular formula is C20H28N6O6. The van der Waals surface area contributed by atoms with Crippen LogP contribution in [0, 0.1) is 0 Å². The van der Waals surface area contributed by atoms with E-state index in [2.05, 4.69) is 25.9 Å². The van der Waals surface area contributed by atoms with Gasteiger partial charge in [-0.25, -0.2) is 9.59 Å². The zero-order valence-electron chi connectivity index (χ0n) is 17.9. The summed E-state index contributed by atoms with van der Waals surface area (Å²) < 4.78 is 5.02. The van der Waals surface area contributed by atoms with Crippen molar-refractivity contribution in [3.05, 3.63) is 29.8 Å². The van der Waals surface area contributed by atoms with Crippen LogP contribution in [0.2, 0.25) is 0 Å². The molecule has 1 atom stereocenters. The van der Waals surface area contributed by atoms with Gasteiger partial charge in [-0.2, -0.15) is 0 Å². The van der Waals surface area contributed by atoms with Crippen LogP contribution in [-0.4, -0.2) is 49.7 Å². The van der Waals surface area contributed by atoms with Crippen LogP contribution in [0.1, 0.15) is 38.2 Å². The molecule has 1 aromatic carbocycles. The second-order valence-electron chi connectivity index (χ2n) is 7.01. The SMILES string of the molecule is CCCCOC(=O)CCNC(=O)N[C@H]1CCN(c2ccc(CN=NOC(N)=O)cc2)C1=O. The third-order valence-corrected chi connectivity index (χ3v) is 4.58. The molecule has 0 aromatic heterocycles. The highest BCUT2D eigenvalue weighted by Gasteiger charge is 2.33. The fraction of sp³-hybridized carbons (Fsp3) is 0.500. The van der Waals surface area contributed by atoms with Gasteiger partial charge in [-0.1, -0.05) is 25.5 Å². The highest BCUT2D eigenvalue weighted by atomic mass is 16.7. The number of hydrogen-bond donors (Lipinski definition) is 3. The zero-order valence-corrected chi connectivity index (χ0v) is 17.9. The fourth-order valence-electron chi connectivity index (χ4n) is 2.92. The van der Waals surface area contributed by atoms with Gasteiger partial charge in [-0.05, 0) is 30.5 Å². The monoisotopic (exact) mass is 448 g/mol. The number of nitrogens with one attached hydrogen (secondary N) is 2. The summed E-state index contributed by atoms with van der Waals surface area (Å²) in [5.74, 6) is -0.589. The Balaban J connectivity index is 1.75. The second kappa shape index (κ2) is 12.9. The van der Waals surface area contributed by atoms with Crippen molar-refractivity contribution in [2.24, 2.45) is 16.1 Å². The summed E-state index contributed by atoms with van der Waals surface area (Å²) in [5.41, 5.74) is 6.25. The van der Waals surface area contributed by atoms with Crippen molar-refractivity contribution in [3.8, 4) is 0 Å². The van der Waals surface area contributed by atoms with E-state index >= 15 is 0 Å². The van der Waals surface area contributed by atoms with E-state index in [9.17, 15) is 19.2 Å². The lowest BCUT2D eigenvalue weighted by atomic mass is 10.2. The molecule has 0 spiro atoms. The maximum Gasteiger partial charge on any atom is 0.432 e. The zero-order chi connectivity index (χ0) is 23.3. The average Bonchev–Trinajstić information content (AvgIpc) is 3.12. The predicted octanol–water partition coefficient (Wildman–Crippen LogP) is 1.79. The fourth-order valence-corrected chi connectivity index (χ4v) is 2.92. The number of benzene rings is 1. The summed E-state index contributed by atoms with van der Waals surface area (Å²) in [5, 5.41) is 12.0. The molecule has 0 saturated carbocycles. The summed E-state index contributed by atoms with van der Waals surface area (Å²) in [6.07, 6.45) is 1.23. The number of anilines is 1. The van der Waals surface area contributed by atoms with Crippen molar-refractivity contribution in [2.45, 2.75) is 45.2 Å². The van der Waals surface area contributed by atoms with Crippen LogP contribution in [-0.2, 0) is 25.7 Å². The predicted molar refractivity (Wildman–Crippen MR) is 113 cm³/mol. The Hall–Kier alpha value is -3.70. The molecule has 12 nitrogen and oxygen atoms in total. The summed E-state index contributed by atoms with van der Waals surface area (Å²) >= 11 is 0. The number of ether oxygens (including phenoxy) is 1. The van der Waals surface area contributed by atoms with Gasteiger partial charge in [0, 0.05) is 24.1 Å². The number of rotatable bonds is 11. The third kappa shape index (κ3) is 8.20. The van der Waals surface area contributed by atoms with E-state index in [-0.39, 0.29) is 31.4 Å². The molecule has 1 aromatic rings. The quantitative estimate of drug-likeness (QED) is 0.202. The number of urea groups is 1. The number of nitrogens with two attached hydrogens (primary N) is 1. The van der Waals surface area contributed by atoms with Gasteiger partial charge in [-0.3, -0.25) is 14.4 Å². The van der Waals surface area contributed by atoms with Crippen LogP contribution in [0.25, 0.3) is 0 Å². The molecule has 0 unspecified atom stereocenters. The molecule has 4 N–H and O–H groups in total. The summed E-state index contributed by atoms with van der Waals surface area (Å²) in [7, 11) is 0. The third-order valence-electron chi connectivity index (χ3n) is 4.58. The minimum absolute atomic E-state index is 0.0719. The number of amides is 4. The molecular weight excluding hydrogens is 420 g/mol. The smallest absolute Gasteiger partial charge is 0.432 e. The topological polar surface area (TPSA) is 165 Å². The van der Waals surface area contributed by atoms with Crippen LogP contribution in [0.15, 0.2) is 34.7 Å². The molecule has 12 heteroatoms. The first-order valence-corrected chi connectivity index (χ1v) is 10.3. The van der Waals surface area contributed by atoms with E-state index < -0.39 is 18.2 Å². The molecule has 0 bridgehead atoms. The van der Waals surface area contributed by atoms with Gasteiger partial charge in [0.05, 0.1) is 19.6 Å². The van der Waals surface area contributed by atoms with Gasteiger partial charge in [0.25, 0.3) is 0 Å². The maximum absolute atomic E-state index is 12.6. The Morgan fingerprint density at radius 2 is 2.00 bits per heavy atom. The minimum atomic E-state index is -1.04. The average molecular weight is 448 g/mol. The highest BCUT2D eigenvalue weighted by Crippen LogP contribution is 2.22. The first-order valence-electron chi connectivity index (χ1n) is 10.3. The lowest BCUT2D eigenvalue weighted by Gasteiger charge is -2.17. The van der Waals surface area contributed by atoms with Gasteiger partial charge < -0.3 is 26.0 Å². The van der Waals surface area contributed by atoms with Crippen molar-refractivity contribution in [1.82, 2.24) is 10.6 Å². The van der Waals surface area contributed by atoms with Crippen molar-refractivity contribution in [3.63, 3.8) is 0 Å². The van der Waals surface area contributed by atoms with Crippen molar-refractivity contribution in [2.75, 3.05) is 24.6 Å². The van der Waals surface area contributed by atoms with Crippen molar-refractivity contribution >= 4 is 29.7 Å². The van der Waals surface area contributed by atoms with Gasteiger partial charge >= 0.3 is 18.1 Å².